The van der Waals surface area contributed by atoms with Gasteiger partial charge in [-0.05, 0) is 38.0 Å². The van der Waals surface area contributed by atoms with Gasteiger partial charge in [-0.15, -0.1) is 0 Å². The Morgan fingerprint density at radius 1 is 1.03 bits per heavy atom. The van der Waals surface area contributed by atoms with Crippen LogP contribution in [0.3, 0.4) is 0 Å². The van der Waals surface area contributed by atoms with E-state index < -0.39 is 28.5 Å². The van der Waals surface area contributed by atoms with Gasteiger partial charge in [0.2, 0.25) is 0 Å². The summed E-state index contributed by atoms with van der Waals surface area (Å²) in [6.45, 7) is 3.66. The van der Waals surface area contributed by atoms with E-state index in [2.05, 4.69) is 0 Å². The van der Waals surface area contributed by atoms with Crippen LogP contribution >= 0.6 is 0 Å². The van der Waals surface area contributed by atoms with E-state index in [1.54, 1.807) is 19.9 Å². The number of rotatable bonds is 11. The minimum absolute atomic E-state index is 0.106. The number of hydrogen-bond acceptors (Lipinski definition) is 7. The van der Waals surface area contributed by atoms with Crippen LogP contribution in [0.2, 0.25) is 0 Å². The summed E-state index contributed by atoms with van der Waals surface area (Å²) < 4.78 is 46.3. The molecule has 0 spiro atoms. The van der Waals surface area contributed by atoms with Crippen LogP contribution in [0, 0.1) is 0 Å². The van der Waals surface area contributed by atoms with E-state index in [0.29, 0.717) is 13.0 Å². The SMILES string of the molecule is CCOC(COC(=O)c1ccccc1S(=O)(=O)OC(C)Cc1ccccc1)OC. The summed E-state index contributed by atoms with van der Waals surface area (Å²) in [6.07, 6.45) is -0.923. The van der Waals surface area contributed by atoms with Gasteiger partial charge in [-0.3, -0.25) is 4.18 Å². The Kier molecular flexibility index (Phi) is 8.78. The molecule has 0 aliphatic heterocycles. The highest BCUT2D eigenvalue weighted by Gasteiger charge is 2.26. The van der Waals surface area contributed by atoms with Gasteiger partial charge in [-0.1, -0.05) is 42.5 Å². The quantitative estimate of drug-likeness (QED) is 0.312. The van der Waals surface area contributed by atoms with Gasteiger partial charge in [-0.2, -0.15) is 8.42 Å². The second-order valence-corrected chi connectivity index (χ2v) is 7.81. The molecule has 0 saturated heterocycles. The first kappa shape index (κ1) is 23.0. The third kappa shape index (κ3) is 6.93. The molecule has 2 rings (SSSR count). The van der Waals surface area contributed by atoms with Crippen molar-refractivity contribution in [2.75, 3.05) is 20.3 Å². The maximum atomic E-state index is 12.8. The van der Waals surface area contributed by atoms with Gasteiger partial charge in [0.15, 0.2) is 6.29 Å². The monoisotopic (exact) mass is 422 g/mol. The summed E-state index contributed by atoms with van der Waals surface area (Å²) in [4.78, 5) is 12.2. The first-order valence-corrected chi connectivity index (χ1v) is 10.7. The van der Waals surface area contributed by atoms with Gasteiger partial charge in [0.25, 0.3) is 10.1 Å². The van der Waals surface area contributed by atoms with E-state index in [4.69, 9.17) is 18.4 Å². The van der Waals surface area contributed by atoms with E-state index in [1.165, 1.54) is 25.3 Å². The maximum Gasteiger partial charge on any atom is 0.339 e. The Morgan fingerprint density at radius 2 is 1.69 bits per heavy atom. The number of ether oxygens (including phenoxy) is 3. The summed E-state index contributed by atoms with van der Waals surface area (Å²) in [7, 11) is -2.75. The number of hydrogen-bond donors (Lipinski definition) is 0. The van der Waals surface area contributed by atoms with Crippen molar-refractivity contribution in [3.63, 3.8) is 0 Å². The fourth-order valence-corrected chi connectivity index (χ4v) is 3.96. The normalized spacial score (nSPS) is 13.6. The summed E-state index contributed by atoms with van der Waals surface area (Å²) in [6, 6.07) is 15.2. The fraction of sp³-hybridized carbons (Fsp3) is 0.381. The maximum absolute atomic E-state index is 12.8. The van der Waals surface area contributed by atoms with Crippen LogP contribution in [0.4, 0.5) is 0 Å². The Bertz CT molecular complexity index is 881. The Balaban J connectivity index is 2.12. The largest absolute Gasteiger partial charge is 0.457 e. The smallest absolute Gasteiger partial charge is 0.339 e. The number of carbonyl (C=O) groups excluding carboxylic acids is 1. The molecule has 0 N–H and O–H groups in total. The molecule has 0 aliphatic rings. The lowest BCUT2D eigenvalue weighted by molar-refractivity contribution is -0.144. The molecule has 2 aromatic rings. The van der Waals surface area contributed by atoms with E-state index in [0.717, 1.165) is 5.56 Å². The summed E-state index contributed by atoms with van der Waals surface area (Å²) in [5.41, 5.74) is 0.843. The lowest BCUT2D eigenvalue weighted by atomic mass is 10.1. The Labute approximate surface area is 171 Å². The molecule has 0 radical (unpaired) electrons. The molecule has 7 nitrogen and oxygen atoms in total. The standard InChI is InChI=1S/C21H26O7S/c1-4-26-20(25-3)15-27-21(22)18-12-8-9-13-19(18)29(23,24)28-16(2)14-17-10-6-5-7-11-17/h5-13,16,20H,4,14-15H2,1-3H3. The molecule has 0 heterocycles. The van der Waals surface area contributed by atoms with E-state index in [-0.39, 0.29) is 17.1 Å². The minimum atomic E-state index is -4.17. The molecule has 0 aliphatic carbocycles. The second-order valence-electron chi connectivity index (χ2n) is 6.27. The van der Waals surface area contributed by atoms with Crippen molar-refractivity contribution in [2.24, 2.45) is 0 Å². The molecule has 2 aromatic carbocycles. The lowest BCUT2D eigenvalue weighted by Crippen LogP contribution is -2.25. The molecule has 0 aromatic heterocycles. The van der Waals surface area contributed by atoms with Gasteiger partial charge >= 0.3 is 5.97 Å². The Morgan fingerprint density at radius 3 is 2.34 bits per heavy atom. The zero-order valence-electron chi connectivity index (χ0n) is 16.7. The minimum Gasteiger partial charge on any atom is -0.457 e. The molecule has 0 fully saturated rings. The lowest BCUT2D eigenvalue weighted by Gasteiger charge is -2.17. The average Bonchev–Trinajstić information content (AvgIpc) is 2.71. The Hall–Kier alpha value is -2.26. The molecule has 2 unspecified atom stereocenters. The molecule has 2 atom stereocenters. The molecule has 0 bridgehead atoms. The molecule has 8 heteroatoms. The number of methoxy groups -OCH3 is 1. The zero-order chi connectivity index (χ0) is 21.3. The second kappa shape index (κ2) is 11.1. The molecule has 0 amide bonds. The van der Waals surface area contributed by atoms with Gasteiger partial charge in [0.05, 0.1) is 11.7 Å². The van der Waals surface area contributed by atoms with Crippen molar-refractivity contribution in [2.45, 2.75) is 37.6 Å². The number of carbonyl (C=O) groups is 1. The highest BCUT2D eigenvalue weighted by molar-refractivity contribution is 7.86. The first-order chi connectivity index (χ1) is 13.9. The average molecular weight is 422 g/mol. The molecule has 158 valence electrons. The van der Waals surface area contributed by atoms with Crippen LogP contribution in [0.25, 0.3) is 0 Å². The predicted molar refractivity (Wildman–Crippen MR) is 107 cm³/mol. The summed E-state index contributed by atoms with van der Waals surface area (Å²) >= 11 is 0. The van der Waals surface area contributed by atoms with Gasteiger partial charge in [-0.25, -0.2) is 4.79 Å². The molecule has 0 saturated carbocycles. The van der Waals surface area contributed by atoms with Crippen LogP contribution in [0.15, 0.2) is 59.5 Å². The topological polar surface area (TPSA) is 88.1 Å². The summed E-state index contributed by atoms with van der Waals surface area (Å²) in [5.74, 6) is -0.801. The van der Waals surface area contributed by atoms with Crippen molar-refractivity contribution in [3.8, 4) is 0 Å². The van der Waals surface area contributed by atoms with Gasteiger partial charge in [0.1, 0.15) is 11.5 Å². The van der Waals surface area contributed by atoms with Crippen LogP contribution in [0.5, 0.6) is 0 Å². The summed E-state index contributed by atoms with van der Waals surface area (Å²) in [5, 5.41) is 0. The van der Waals surface area contributed by atoms with E-state index in [9.17, 15) is 13.2 Å². The van der Waals surface area contributed by atoms with Gasteiger partial charge < -0.3 is 14.2 Å². The van der Waals surface area contributed by atoms with Crippen molar-refractivity contribution < 1.29 is 31.6 Å². The van der Waals surface area contributed by atoms with E-state index >= 15 is 0 Å². The van der Waals surface area contributed by atoms with Crippen LogP contribution < -0.4 is 0 Å². The highest BCUT2D eigenvalue weighted by atomic mass is 32.2. The van der Waals surface area contributed by atoms with Crippen LogP contribution in [-0.2, 0) is 34.9 Å². The zero-order valence-corrected chi connectivity index (χ0v) is 17.6. The van der Waals surface area contributed by atoms with Crippen molar-refractivity contribution >= 4 is 16.1 Å². The molecular weight excluding hydrogens is 396 g/mol. The highest BCUT2D eigenvalue weighted by Crippen LogP contribution is 2.21. The first-order valence-electron chi connectivity index (χ1n) is 9.25. The molecule has 29 heavy (non-hydrogen) atoms. The van der Waals surface area contributed by atoms with Crippen LogP contribution in [0.1, 0.15) is 29.8 Å². The predicted octanol–water partition coefficient (Wildman–Crippen LogP) is 3.19. The number of benzene rings is 2. The van der Waals surface area contributed by atoms with Crippen molar-refractivity contribution in [1.82, 2.24) is 0 Å². The third-order valence-electron chi connectivity index (χ3n) is 4.00. The fourth-order valence-electron chi connectivity index (χ4n) is 2.69. The third-order valence-corrected chi connectivity index (χ3v) is 5.48. The van der Waals surface area contributed by atoms with Crippen molar-refractivity contribution in [3.05, 3.63) is 65.7 Å². The van der Waals surface area contributed by atoms with Crippen LogP contribution in [-0.4, -0.2) is 47.1 Å². The van der Waals surface area contributed by atoms with E-state index in [1.807, 2.05) is 30.3 Å². The van der Waals surface area contributed by atoms with Crippen molar-refractivity contribution in [1.29, 1.82) is 0 Å². The number of esters is 1. The van der Waals surface area contributed by atoms with Gasteiger partial charge in [0, 0.05) is 13.7 Å². The molecular formula is C21H26O7S.